The van der Waals surface area contributed by atoms with Gasteiger partial charge in [-0.3, -0.25) is 0 Å². The van der Waals surface area contributed by atoms with Crippen LogP contribution in [0.5, 0.6) is 0 Å². The molecule has 0 bridgehead atoms. The van der Waals surface area contributed by atoms with Crippen LogP contribution in [0.4, 0.5) is 10.5 Å². The minimum atomic E-state index is -0.00893. The lowest BCUT2D eigenvalue weighted by Gasteiger charge is -2.27. The minimum Gasteiger partial charge on any atom is -0.322 e. The number of halogens is 1. The molecule has 0 atom stereocenters. The minimum absolute atomic E-state index is 0. The van der Waals surface area contributed by atoms with Crippen LogP contribution in [0.3, 0.4) is 0 Å². The Kier molecular flexibility index (Phi) is 5.25. The molecular weight excluding hydrogens is 238 g/mol. The number of hydrogen-bond donors (Lipinski definition) is 2. The summed E-state index contributed by atoms with van der Waals surface area (Å²) in [6.07, 6.45) is 0. The van der Waals surface area contributed by atoms with Gasteiger partial charge in [-0.05, 0) is 19.1 Å². The van der Waals surface area contributed by atoms with E-state index in [1.165, 1.54) is 5.56 Å². The molecule has 1 aliphatic heterocycles. The molecule has 1 aliphatic rings. The summed E-state index contributed by atoms with van der Waals surface area (Å²) in [5.41, 5.74) is 2.05. The number of nitrogens with zero attached hydrogens (tertiary/aromatic N) is 1. The highest BCUT2D eigenvalue weighted by Crippen LogP contribution is 2.09. The fraction of sp³-hybridized carbons (Fsp3) is 0.417. The molecule has 2 amide bonds. The van der Waals surface area contributed by atoms with Gasteiger partial charge in [-0.25, -0.2) is 4.79 Å². The molecule has 94 valence electrons. The Hall–Kier alpha value is -1.26. The second-order valence-electron chi connectivity index (χ2n) is 4.03. The molecule has 5 heteroatoms. The van der Waals surface area contributed by atoms with Gasteiger partial charge in [0.2, 0.25) is 0 Å². The van der Waals surface area contributed by atoms with E-state index in [0.717, 1.165) is 31.9 Å². The predicted molar refractivity (Wildman–Crippen MR) is 71.9 cm³/mol. The first kappa shape index (κ1) is 13.8. The number of aryl methyl sites for hydroxylation is 1. The fourth-order valence-corrected chi connectivity index (χ4v) is 1.71. The average molecular weight is 256 g/mol. The first-order valence-corrected chi connectivity index (χ1v) is 5.59. The molecule has 0 radical (unpaired) electrons. The lowest BCUT2D eigenvalue weighted by Crippen LogP contribution is -2.48. The molecule has 1 aromatic rings. The van der Waals surface area contributed by atoms with Gasteiger partial charge in [0, 0.05) is 31.9 Å². The zero-order valence-electron chi connectivity index (χ0n) is 9.90. The number of anilines is 1. The lowest BCUT2D eigenvalue weighted by atomic mass is 10.2. The third-order valence-electron chi connectivity index (χ3n) is 2.71. The highest BCUT2D eigenvalue weighted by Gasteiger charge is 2.15. The Labute approximate surface area is 108 Å². The summed E-state index contributed by atoms with van der Waals surface area (Å²) in [6.45, 7) is 5.33. The van der Waals surface area contributed by atoms with Crippen LogP contribution in [0.2, 0.25) is 0 Å². The van der Waals surface area contributed by atoms with Gasteiger partial charge in [0.05, 0.1) is 0 Å². The third-order valence-corrected chi connectivity index (χ3v) is 2.71. The lowest BCUT2D eigenvalue weighted by molar-refractivity contribution is 0.204. The van der Waals surface area contributed by atoms with Crippen molar-refractivity contribution in [3.05, 3.63) is 29.8 Å². The van der Waals surface area contributed by atoms with Crippen LogP contribution in [0, 0.1) is 6.92 Å². The van der Waals surface area contributed by atoms with Crippen molar-refractivity contribution in [2.24, 2.45) is 0 Å². The van der Waals surface area contributed by atoms with Crippen molar-refractivity contribution in [3.8, 4) is 0 Å². The van der Waals surface area contributed by atoms with E-state index in [4.69, 9.17) is 0 Å². The van der Waals surface area contributed by atoms with Crippen molar-refractivity contribution in [2.75, 3.05) is 31.5 Å². The summed E-state index contributed by atoms with van der Waals surface area (Å²) in [5.74, 6) is 0. The van der Waals surface area contributed by atoms with E-state index in [-0.39, 0.29) is 18.4 Å². The van der Waals surface area contributed by atoms with Crippen LogP contribution < -0.4 is 10.6 Å². The third kappa shape index (κ3) is 3.91. The summed E-state index contributed by atoms with van der Waals surface area (Å²) < 4.78 is 0. The first-order valence-electron chi connectivity index (χ1n) is 5.59. The number of rotatable bonds is 1. The number of amides is 2. The highest BCUT2D eigenvalue weighted by atomic mass is 35.5. The predicted octanol–water partition coefficient (Wildman–Crippen LogP) is 1.85. The van der Waals surface area contributed by atoms with Gasteiger partial charge in [-0.15, -0.1) is 12.4 Å². The number of carbonyl (C=O) groups is 1. The second-order valence-corrected chi connectivity index (χ2v) is 4.03. The Morgan fingerprint density at radius 2 is 1.82 bits per heavy atom. The highest BCUT2D eigenvalue weighted by molar-refractivity contribution is 5.89. The van der Waals surface area contributed by atoms with Crippen LogP contribution in [0.1, 0.15) is 5.56 Å². The molecule has 1 fully saturated rings. The van der Waals surface area contributed by atoms with E-state index in [0.29, 0.717) is 0 Å². The van der Waals surface area contributed by atoms with Crippen molar-refractivity contribution >= 4 is 24.1 Å². The Morgan fingerprint density at radius 1 is 1.24 bits per heavy atom. The smallest absolute Gasteiger partial charge is 0.321 e. The maximum Gasteiger partial charge on any atom is 0.321 e. The molecule has 1 heterocycles. The molecule has 2 rings (SSSR count). The van der Waals surface area contributed by atoms with E-state index in [1.54, 1.807) is 0 Å². The van der Waals surface area contributed by atoms with Crippen molar-refractivity contribution in [1.82, 2.24) is 10.2 Å². The maximum absolute atomic E-state index is 11.8. The van der Waals surface area contributed by atoms with Crippen molar-refractivity contribution in [1.29, 1.82) is 0 Å². The molecule has 2 N–H and O–H groups in total. The molecule has 4 nitrogen and oxygen atoms in total. The van der Waals surface area contributed by atoms with E-state index in [9.17, 15) is 4.79 Å². The Balaban J connectivity index is 0.00000144. The largest absolute Gasteiger partial charge is 0.322 e. The van der Waals surface area contributed by atoms with E-state index in [2.05, 4.69) is 10.6 Å². The van der Waals surface area contributed by atoms with Gasteiger partial charge in [0.15, 0.2) is 0 Å². The van der Waals surface area contributed by atoms with Gasteiger partial charge >= 0.3 is 6.03 Å². The first-order chi connectivity index (χ1) is 7.75. The Bertz CT molecular complexity index is 361. The molecule has 0 aliphatic carbocycles. The molecule has 0 spiro atoms. The van der Waals surface area contributed by atoms with Crippen molar-refractivity contribution < 1.29 is 4.79 Å². The molecule has 0 unspecified atom stereocenters. The summed E-state index contributed by atoms with van der Waals surface area (Å²) in [6, 6.07) is 7.83. The number of carbonyl (C=O) groups excluding carboxylic acids is 1. The fourth-order valence-electron chi connectivity index (χ4n) is 1.71. The van der Waals surface area contributed by atoms with E-state index < -0.39 is 0 Å². The van der Waals surface area contributed by atoms with Crippen LogP contribution in [-0.4, -0.2) is 37.1 Å². The average Bonchev–Trinajstić information content (AvgIpc) is 2.33. The van der Waals surface area contributed by atoms with Crippen molar-refractivity contribution in [2.45, 2.75) is 6.92 Å². The number of piperazine rings is 1. The summed E-state index contributed by atoms with van der Waals surface area (Å²) in [5, 5.41) is 6.12. The summed E-state index contributed by atoms with van der Waals surface area (Å²) in [4.78, 5) is 13.7. The molecule has 17 heavy (non-hydrogen) atoms. The standard InChI is InChI=1S/C12H17N3O.ClH/c1-10-2-4-11(5-3-10)14-12(16)15-8-6-13-7-9-15;/h2-5,13H,6-9H2,1H3,(H,14,16);1H. The Morgan fingerprint density at radius 3 is 2.41 bits per heavy atom. The van der Waals surface area contributed by atoms with Crippen LogP contribution in [0.15, 0.2) is 24.3 Å². The maximum atomic E-state index is 11.8. The topological polar surface area (TPSA) is 44.4 Å². The van der Waals surface area contributed by atoms with Gasteiger partial charge in [-0.2, -0.15) is 0 Å². The number of benzene rings is 1. The number of hydrogen-bond acceptors (Lipinski definition) is 2. The molecule has 1 aromatic carbocycles. The zero-order chi connectivity index (χ0) is 11.4. The SMILES string of the molecule is Cc1ccc(NC(=O)N2CCNCC2)cc1.Cl. The molecular formula is C12H18ClN3O. The number of urea groups is 1. The quantitative estimate of drug-likeness (QED) is 0.805. The van der Waals surface area contributed by atoms with Crippen LogP contribution in [-0.2, 0) is 0 Å². The van der Waals surface area contributed by atoms with Gasteiger partial charge in [0.1, 0.15) is 0 Å². The van der Waals surface area contributed by atoms with Crippen LogP contribution >= 0.6 is 12.4 Å². The summed E-state index contributed by atoms with van der Waals surface area (Å²) in [7, 11) is 0. The molecule has 1 saturated heterocycles. The van der Waals surface area contributed by atoms with E-state index >= 15 is 0 Å². The van der Waals surface area contributed by atoms with Gasteiger partial charge in [0.25, 0.3) is 0 Å². The molecule has 0 aromatic heterocycles. The molecule has 0 saturated carbocycles. The van der Waals surface area contributed by atoms with Crippen LogP contribution in [0.25, 0.3) is 0 Å². The monoisotopic (exact) mass is 255 g/mol. The second kappa shape index (κ2) is 6.47. The van der Waals surface area contributed by atoms with Gasteiger partial charge < -0.3 is 15.5 Å². The van der Waals surface area contributed by atoms with Crippen molar-refractivity contribution in [3.63, 3.8) is 0 Å². The summed E-state index contributed by atoms with van der Waals surface area (Å²) >= 11 is 0. The number of nitrogens with one attached hydrogen (secondary N) is 2. The van der Waals surface area contributed by atoms with Gasteiger partial charge in [-0.1, -0.05) is 17.7 Å². The zero-order valence-corrected chi connectivity index (χ0v) is 10.7. The van der Waals surface area contributed by atoms with E-state index in [1.807, 2.05) is 36.1 Å². The normalized spacial score (nSPS) is 15.0.